The Kier molecular flexibility index (Phi) is 2.37. The van der Waals surface area contributed by atoms with Gasteiger partial charge in [0.05, 0.1) is 12.7 Å². The van der Waals surface area contributed by atoms with Gasteiger partial charge in [-0.1, -0.05) is 0 Å². The Hall–Kier alpha value is -1.16. The monoisotopic (exact) mass is 197 g/mol. The Morgan fingerprint density at radius 1 is 1.64 bits per heavy atom. The summed E-state index contributed by atoms with van der Waals surface area (Å²) in [5.74, 6) is 0.0119. The molecule has 0 spiro atoms. The SMILES string of the molecule is CC(O)c1nc2c(cc1F)CCCO2. The molecule has 0 saturated carbocycles. The fraction of sp³-hybridized carbons (Fsp3) is 0.500. The van der Waals surface area contributed by atoms with Gasteiger partial charge in [0.2, 0.25) is 5.88 Å². The maximum atomic E-state index is 13.4. The highest BCUT2D eigenvalue weighted by Crippen LogP contribution is 2.26. The van der Waals surface area contributed by atoms with E-state index in [1.807, 2.05) is 0 Å². The summed E-state index contributed by atoms with van der Waals surface area (Å²) < 4.78 is 18.6. The van der Waals surface area contributed by atoms with E-state index in [2.05, 4.69) is 4.98 Å². The van der Waals surface area contributed by atoms with Crippen LogP contribution in [0.25, 0.3) is 0 Å². The minimum Gasteiger partial charge on any atom is -0.477 e. The van der Waals surface area contributed by atoms with Gasteiger partial charge in [-0.25, -0.2) is 9.37 Å². The number of rotatable bonds is 1. The molecule has 14 heavy (non-hydrogen) atoms. The molecule has 0 amide bonds. The molecule has 1 aliphatic heterocycles. The maximum Gasteiger partial charge on any atom is 0.217 e. The molecule has 1 aromatic rings. The predicted octanol–water partition coefficient (Wildman–Crippen LogP) is 1.60. The highest BCUT2D eigenvalue weighted by molar-refractivity contribution is 5.31. The Morgan fingerprint density at radius 3 is 3.14 bits per heavy atom. The number of aryl methyl sites for hydroxylation is 1. The second-order valence-electron chi connectivity index (χ2n) is 3.45. The second-order valence-corrected chi connectivity index (χ2v) is 3.45. The largest absolute Gasteiger partial charge is 0.477 e. The first kappa shape index (κ1) is 9.40. The third-order valence-electron chi connectivity index (χ3n) is 2.27. The first-order valence-electron chi connectivity index (χ1n) is 4.68. The van der Waals surface area contributed by atoms with Gasteiger partial charge in [-0.15, -0.1) is 0 Å². The van der Waals surface area contributed by atoms with Crippen LogP contribution in [0.15, 0.2) is 6.07 Å². The highest BCUT2D eigenvalue weighted by Gasteiger charge is 2.18. The molecule has 1 aromatic heterocycles. The van der Waals surface area contributed by atoms with Crippen molar-refractivity contribution in [3.63, 3.8) is 0 Å². The summed E-state index contributed by atoms with van der Waals surface area (Å²) in [6, 6.07) is 1.41. The zero-order valence-corrected chi connectivity index (χ0v) is 7.96. The molecule has 0 fully saturated rings. The van der Waals surface area contributed by atoms with Crippen molar-refractivity contribution in [3.05, 3.63) is 23.1 Å². The molecule has 1 aliphatic rings. The lowest BCUT2D eigenvalue weighted by Gasteiger charge is -2.17. The predicted molar refractivity (Wildman–Crippen MR) is 48.6 cm³/mol. The summed E-state index contributed by atoms with van der Waals surface area (Å²) in [6.45, 7) is 2.10. The number of halogens is 1. The van der Waals surface area contributed by atoms with Gasteiger partial charge >= 0.3 is 0 Å². The second kappa shape index (κ2) is 3.53. The van der Waals surface area contributed by atoms with Crippen molar-refractivity contribution in [3.8, 4) is 5.88 Å². The first-order valence-corrected chi connectivity index (χ1v) is 4.68. The molecule has 0 radical (unpaired) electrons. The van der Waals surface area contributed by atoms with E-state index < -0.39 is 11.9 Å². The van der Waals surface area contributed by atoms with Crippen LogP contribution in [-0.4, -0.2) is 16.7 Å². The number of nitrogens with zero attached hydrogens (tertiary/aromatic N) is 1. The number of ether oxygens (including phenoxy) is 1. The minimum atomic E-state index is -0.897. The van der Waals surface area contributed by atoms with Gasteiger partial charge in [0.15, 0.2) is 0 Å². The van der Waals surface area contributed by atoms with Gasteiger partial charge in [-0.2, -0.15) is 0 Å². The third kappa shape index (κ3) is 1.57. The molecule has 1 unspecified atom stereocenters. The summed E-state index contributed by atoms with van der Waals surface area (Å²) in [5.41, 5.74) is 0.851. The van der Waals surface area contributed by atoms with E-state index in [1.165, 1.54) is 13.0 Å². The molecule has 0 bridgehead atoms. The Morgan fingerprint density at radius 2 is 2.43 bits per heavy atom. The van der Waals surface area contributed by atoms with Gasteiger partial charge in [0.25, 0.3) is 0 Å². The summed E-state index contributed by atoms with van der Waals surface area (Å²) in [4.78, 5) is 3.97. The average molecular weight is 197 g/mol. The van der Waals surface area contributed by atoms with Crippen LogP contribution < -0.4 is 4.74 Å². The quantitative estimate of drug-likeness (QED) is 0.743. The zero-order valence-electron chi connectivity index (χ0n) is 7.96. The topological polar surface area (TPSA) is 42.4 Å². The van der Waals surface area contributed by atoms with Crippen molar-refractivity contribution in [1.82, 2.24) is 4.98 Å². The molecule has 2 heterocycles. The Labute approximate surface area is 81.5 Å². The van der Waals surface area contributed by atoms with Gasteiger partial charge in [0.1, 0.15) is 11.5 Å². The lowest BCUT2D eigenvalue weighted by atomic mass is 10.1. The van der Waals surface area contributed by atoms with Crippen LogP contribution in [0.2, 0.25) is 0 Å². The number of aliphatic hydroxyl groups is 1. The standard InChI is InChI=1S/C10H12FNO2/c1-6(13)9-8(11)5-7-3-2-4-14-10(7)12-9/h5-6,13H,2-4H2,1H3. The normalized spacial score (nSPS) is 17.1. The van der Waals surface area contributed by atoms with Crippen molar-refractivity contribution >= 4 is 0 Å². The number of hydrogen-bond donors (Lipinski definition) is 1. The van der Waals surface area contributed by atoms with Crippen LogP contribution in [-0.2, 0) is 6.42 Å². The zero-order chi connectivity index (χ0) is 10.1. The van der Waals surface area contributed by atoms with Gasteiger partial charge in [-0.3, -0.25) is 0 Å². The third-order valence-corrected chi connectivity index (χ3v) is 2.27. The van der Waals surface area contributed by atoms with Gasteiger partial charge in [-0.05, 0) is 25.8 Å². The van der Waals surface area contributed by atoms with Crippen LogP contribution in [0.1, 0.15) is 30.7 Å². The number of pyridine rings is 1. The van der Waals surface area contributed by atoms with Crippen LogP contribution in [0.4, 0.5) is 4.39 Å². The van der Waals surface area contributed by atoms with Crippen molar-refractivity contribution in [2.75, 3.05) is 6.61 Å². The number of fused-ring (bicyclic) bond motifs is 1. The van der Waals surface area contributed by atoms with E-state index in [9.17, 15) is 9.50 Å². The lowest BCUT2D eigenvalue weighted by Crippen LogP contribution is -2.13. The van der Waals surface area contributed by atoms with E-state index >= 15 is 0 Å². The molecular formula is C10H12FNO2. The van der Waals surface area contributed by atoms with Crippen molar-refractivity contribution in [2.45, 2.75) is 25.9 Å². The lowest BCUT2D eigenvalue weighted by molar-refractivity contribution is 0.184. The average Bonchev–Trinajstić information content (AvgIpc) is 2.16. The fourth-order valence-electron chi connectivity index (χ4n) is 1.55. The molecule has 3 nitrogen and oxygen atoms in total. The number of aliphatic hydroxyl groups excluding tert-OH is 1. The highest BCUT2D eigenvalue weighted by atomic mass is 19.1. The van der Waals surface area contributed by atoms with Crippen LogP contribution in [0, 0.1) is 5.82 Å². The Bertz CT molecular complexity index is 352. The van der Waals surface area contributed by atoms with E-state index in [4.69, 9.17) is 4.74 Å². The Balaban J connectivity index is 2.45. The summed E-state index contributed by atoms with van der Waals surface area (Å²) in [7, 11) is 0. The molecule has 4 heteroatoms. The van der Waals surface area contributed by atoms with Gasteiger partial charge in [0, 0.05) is 5.56 Å². The molecule has 2 rings (SSSR count). The number of hydrogen-bond acceptors (Lipinski definition) is 3. The van der Waals surface area contributed by atoms with Crippen LogP contribution >= 0.6 is 0 Å². The van der Waals surface area contributed by atoms with Crippen molar-refractivity contribution < 1.29 is 14.2 Å². The minimum absolute atomic E-state index is 0.0608. The summed E-state index contributed by atoms with van der Waals surface area (Å²) in [5, 5.41) is 9.25. The van der Waals surface area contributed by atoms with Crippen molar-refractivity contribution in [2.24, 2.45) is 0 Å². The van der Waals surface area contributed by atoms with E-state index in [0.717, 1.165) is 18.4 Å². The smallest absolute Gasteiger partial charge is 0.217 e. The molecule has 0 aromatic carbocycles. The van der Waals surface area contributed by atoms with E-state index in [-0.39, 0.29) is 5.69 Å². The van der Waals surface area contributed by atoms with E-state index in [1.54, 1.807) is 0 Å². The first-order chi connectivity index (χ1) is 6.68. The molecule has 0 saturated heterocycles. The molecule has 1 atom stereocenters. The summed E-state index contributed by atoms with van der Waals surface area (Å²) >= 11 is 0. The van der Waals surface area contributed by atoms with Crippen LogP contribution in [0.3, 0.4) is 0 Å². The van der Waals surface area contributed by atoms with Crippen molar-refractivity contribution in [1.29, 1.82) is 0 Å². The molecule has 76 valence electrons. The molecule has 0 aliphatic carbocycles. The van der Waals surface area contributed by atoms with E-state index in [0.29, 0.717) is 12.5 Å². The van der Waals surface area contributed by atoms with Crippen LogP contribution in [0.5, 0.6) is 5.88 Å². The van der Waals surface area contributed by atoms with Gasteiger partial charge < -0.3 is 9.84 Å². The fourth-order valence-corrected chi connectivity index (χ4v) is 1.55. The number of aromatic nitrogens is 1. The molecule has 1 N–H and O–H groups in total. The molecular weight excluding hydrogens is 185 g/mol. The summed E-state index contributed by atoms with van der Waals surface area (Å²) in [6.07, 6.45) is 0.785. The maximum absolute atomic E-state index is 13.4.